The van der Waals surface area contributed by atoms with E-state index in [1.807, 2.05) is 168 Å². The second-order valence-electron chi connectivity index (χ2n) is 16.9. The van der Waals surface area contributed by atoms with Crippen LogP contribution in [0.1, 0.15) is 32.7 Å². The Morgan fingerprint density at radius 1 is 0.667 bits per heavy atom. The molecule has 13 heteroatoms. The number of ether oxygens (including phenoxy) is 3. The van der Waals surface area contributed by atoms with E-state index in [0.717, 1.165) is 68.6 Å². The molecule has 9 aromatic rings. The van der Waals surface area contributed by atoms with Gasteiger partial charge in [0.2, 0.25) is 5.91 Å². The van der Waals surface area contributed by atoms with Crippen LogP contribution < -0.4 is 19.1 Å². The van der Waals surface area contributed by atoms with Crippen molar-refractivity contribution in [3.63, 3.8) is 0 Å². The normalized spacial score (nSPS) is 13.6. The number of hydrogen-bond acceptors (Lipinski definition) is 9. The van der Waals surface area contributed by atoms with E-state index in [1.165, 1.54) is 12.2 Å². The van der Waals surface area contributed by atoms with Gasteiger partial charge in [-0.15, -0.1) is 0 Å². The number of carbonyl (C=O) groups is 2. The average Bonchev–Trinajstić information content (AvgIpc) is 3.97. The minimum Gasteiger partial charge on any atom is -0.491 e. The lowest BCUT2D eigenvalue weighted by molar-refractivity contribution is -0.127. The van der Waals surface area contributed by atoms with Gasteiger partial charge in [-0.1, -0.05) is 37.4 Å². The third kappa shape index (κ3) is 9.17. The molecule has 13 nitrogen and oxygen atoms in total. The lowest BCUT2D eigenvalue weighted by atomic mass is 10.1. The van der Waals surface area contributed by atoms with Gasteiger partial charge in [-0.3, -0.25) is 29.1 Å². The Hall–Kier alpha value is -8.84. The molecule has 10 rings (SSSR count). The minimum absolute atomic E-state index is 0.0138. The molecular weight excluding hydrogens is 865 g/mol. The SMILES string of the molecule is C=CC(=O)N1CCC[C@@H](n2nc(-c3ccc(Oc4cc(OC(C)C)cc(N(C(=O)C=C)c5cccc(-n6nc(-c7ccc(Oc8ccccc8)cc7)c7cnccc76)c5)c4)cc3)c3cnccc32)C1. The fourth-order valence-electron chi connectivity index (χ4n) is 8.80. The molecule has 5 heterocycles. The highest BCUT2D eigenvalue weighted by Crippen LogP contribution is 2.39. The Labute approximate surface area is 399 Å². The first kappa shape index (κ1) is 44.0. The van der Waals surface area contributed by atoms with Crippen LogP contribution in [0.5, 0.6) is 28.7 Å². The minimum atomic E-state index is -0.355. The Bertz CT molecular complexity index is 3350. The number of pyridine rings is 2. The van der Waals surface area contributed by atoms with Crippen molar-refractivity contribution >= 4 is 45.0 Å². The van der Waals surface area contributed by atoms with E-state index in [0.29, 0.717) is 47.5 Å². The highest BCUT2D eigenvalue weighted by molar-refractivity contribution is 6.07. The highest BCUT2D eigenvalue weighted by Gasteiger charge is 2.27. The van der Waals surface area contributed by atoms with Crippen molar-refractivity contribution in [3.05, 3.63) is 184 Å². The molecule has 0 spiro atoms. The number of anilines is 2. The van der Waals surface area contributed by atoms with Crippen LogP contribution >= 0.6 is 0 Å². The summed E-state index contributed by atoms with van der Waals surface area (Å²) in [6, 6.07) is 42.1. The van der Waals surface area contributed by atoms with Crippen LogP contribution in [0.2, 0.25) is 0 Å². The molecule has 0 bridgehead atoms. The molecule has 69 heavy (non-hydrogen) atoms. The molecule has 1 atom stereocenters. The first-order valence-corrected chi connectivity index (χ1v) is 22.8. The van der Waals surface area contributed by atoms with E-state index >= 15 is 0 Å². The summed E-state index contributed by atoms with van der Waals surface area (Å²) in [4.78, 5) is 38.8. The van der Waals surface area contributed by atoms with E-state index in [1.54, 1.807) is 23.4 Å². The summed E-state index contributed by atoms with van der Waals surface area (Å²) >= 11 is 0. The van der Waals surface area contributed by atoms with Gasteiger partial charge in [0, 0.05) is 78.0 Å². The second-order valence-corrected chi connectivity index (χ2v) is 16.9. The zero-order chi connectivity index (χ0) is 47.4. The van der Waals surface area contributed by atoms with Crippen molar-refractivity contribution in [2.45, 2.75) is 38.8 Å². The van der Waals surface area contributed by atoms with Crippen molar-refractivity contribution in [1.29, 1.82) is 0 Å². The van der Waals surface area contributed by atoms with Crippen LogP contribution in [0.3, 0.4) is 0 Å². The van der Waals surface area contributed by atoms with Gasteiger partial charge in [-0.05, 0) is 130 Å². The quantitative estimate of drug-likeness (QED) is 0.0979. The molecule has 0 radical (unpaired) electrons. The maximum atomic E-state index is 14.0. The van der Waals surface area contributed by atoms with Crippen LogP contribution in [-0.2, 0) is 9.59 Å². The Morgan fingerprint density at radius 2 is 1.30 bits per heavy atom. The van der Waals surface area contributed by atoms with E-state index in [4.69, 9.17) is 24.4 Å². The molecule has 5 aromatic carbocycles. The van der Waals surface area contributed by atoms with Crippen LogP contribution in [0.25, 0.3) is 50.0 Å². The van der Waals surface area contributed by atoms with Gasteiger partial charge in [0.25, 0.3) is 5.91 Å². The number of piperidine rings is 1. The van der Waals surface area contributed by atoms with Crippen molar-refractivity contribution in [1.82, 2.24) is 34.4 Å². The first-order valence-electron chi connectivity index (χ1n) is 22.8. The van der Waals surface area contributed by atoms with Gasteiger partial charge in [0.05, 0.1) is 40.2 Å². The number of nitrogens with zero attached hydrogens (tertiary/aromatic N) is 8. The fraction of sp³-hybridized carbons (Fsp3) is 0.143. The Morgan fingerprint density at radius 3 is 1.99 bits per heavy atom. The zero-order valence-electron chi connectivity index (χ0n) is 38.2. The molecule has 2 amide bonds. The van der Waals surface area contributed by atoms with Crippen molar-refractivity contribution in [3.8, 4) is 56.9 Å². The van der Waals surface area contributed by atoms with Gasteiger partial charge in [0.15, 0.2) is 0 Å². The monoisotopic (exact) mass is 912 g/mol. The number of aromatic nitrogens is 6. The van der Waals surface area contributed by atoms with Crippen LogP contribution in [0.15, 0.2) is 184 Å². The zero-order valence-corrected chi connectivity index (χ0v) is 38.2. The summed E-state index contributed by atoms with van der Waals surface area (Å²) in [5.41, 5.74) is 6.91. The maximum Gasteiger partial charge on any atom is 0.254 e. The molecule has 0 N–H and O–H groups in total. The fourth-order valence-corrected chi connectivity index (χ4v) is 8.80. The number of carbonyl (C=O) groups excluding carboxylic acids is 2. The summed E-state index contributed by atoms with van der Waals surface area (Å²) < 4.78 is 22.7. The van der Waals surface area contributed by atoms with Crippen LogP contribution in [0.4, 0.5) is 11.4 Å². The predicted molar refractivity (Wildman–Crippen MR) is 268 cm³/mol. The van der Waals surface area contributed by atoms with E-state index in [2.05, 4.69) is 23.1 Å². The average molecular weight is 913 g/mol. The summed E-state index contributed by atoms with van der Waals surface area (Å²) in [5.74, 6) is 2.57. The van der Waals surface area contributed by atoms with Gasteiger partial charge in [-0.2, -0.15) is 10.2 Å². The van der Waals surface area contributed by atoms with Gasteiger partial charge in [0.1, 0.15) is 40.1 Å². The Balaban J connectivity index is 0.949. The topological polar surface area (TPSA) is 130 Å². The van der Waals surface area contributed by atoms with Crippen molar-refractivity contribution in [2.75, 3.05) is 18.0 Å². The van der Waals surface area contributed by atoms with Gasteiger partial charge in [-0.25, -0.2) is 4.68 Å². The summed E-state index contributed by atoms with van der Waals surface area (Å²) in [6.07, 6.45) is 11.4. The van der Waals surface area contributed by atoms with Gasteiger partial charge < -0.3 is 19.1 Å². The molecule has 1 fully saturated rings. The third-order valence-electron chi connectivity index (χ3n) is 11.9. The molecule has 4 aromatic heterocycles. The molecule has 0 aliphatic carbocycles. The standard InChI is InChI=1S/C56H48N8O5/c1-5-53(65)61-29-11-14-42(36-61)64-52-26-28-58-35-50(52)56(60-64)39-19-23-46(24-20-39)69-48-32-43(31-47(33-48)67-37(3)4)62(54(66)6-2)40-12-10-13-41(30-40)63-51-25-27-57-34-49(51)55(59-63)38-17-21-45(22-18-38)68-44-15-8-7-9-16-44/h5-10,12-13,15-28,30-35,37,42H,1-2,11,14,29,36H2,3-4H3/t42-/m1/s1. The van der Waals surface area contributed by atoms with E-state index in [-0.39, 0.29) is 24.0 Å². The number of amides is 2. The lowest BCUT2D eigenvalue weighted by Crippen LogP contribution is -2.40. The van der Waals surface area contributed by atoms with Crippen molar-refractivity contribution in [2.24, 2.45) is 0 Å². The van der Waals surface area contributed by atoms with Crippen molar-refractivity contribution < 1.29 is 23.8 Å². The third-order valence-corrected chi connectivity index (χ3v) is 11.9. The lowest BCUT2D eigenvalue weighted by Gasteiger charge is -2.32. The number of hydrogen-bond donors (Lipinski definition) is 0. The number of rotatable bonds is 14. The number of benzene rings is 5. The predicted octanol–water partition coefficient (Wildman–Crippen LogP) is 12.1. The summed E-state index contributed by atoms with van der Waals surface area (Å²) in [5, 5.41) is 12.0. The summed E-state index contributed by atoms with van der Waals surface area (Å²) in [6.45, 7) is 12.7. The maximum absolute atomic E-state index is 14.0. The van der Waals surface area contributed by atoms with E-state index in [9.17, 15) is 9.59 Å². The first-order chi connectivity index (χ1) is 33.7. The largest absolute Gasteiger partial charge is 0.491 e. The summed E-state index contributed by atoms with van der Waals surface area (Å²) in [7, 11) is 0. The molecule has 0 unspecified atom stereocenters. The highest BCUT2D eigenvalue weighted by atomic mass is 16.5. The number of para-hydroxylation sites is 1. The Kier molecular flexibility index (Phi) is 12.2. The number of fused-ring (bicyclic) bond motifs is 2. The van der Waals surface area contributed by atoms with E-state index < -0.39 is 0 Å². The smallest absolute Gasteiger partial charge is 0.254 e. The van der Waals surface area contributed by atoms with Gasteiger partial charge >= 0.3 is 0 Å². The molecule has 1 aliphatic heterocycles. The molecule has 1 saturated heterocycles. The van der Waals surface area contributed by atoms with Crippen LogP contribution in [-0.4, -0.2) is 65.4 Å². The molecule has 1 aliphatic rings. The molecule has 342 valence electrons. The second kappa shape index (κ2) is 19.2. The molecular formula is C56H48N8O5. The molecule has 0 saturated carbocycles. The number of likely N-dealkylation sites (tertiary alicyclic amines) is 1. The van der Waals surface area contributed by atoms with Crippen LogP contribution in [0, 0.1) is 0 Å².